The third-order valence-corrected chi connectivity index (χ3v) is 15.6. The summed E-state index contributed by atoms with van der Waals surface area (Å²) in [6, 6.07) is 33.7. The lowest BCUT2D eigenvalue weighted by Gasteiger charge is -2.51. The number of rotatable bonds is 13. The van der Waals surface area contributed by atoms with E-state index < -0.39 is 38.1 Å². The van der Waals surface area contributed by atoms with Crippen molar-refractivity contribution >= 4 is 31.9 Å². The van der Waals surface area contributed by atoms with Crippen molar-refractivity contribution in [2.75, 3.05) is 13.7 Å². The molecule has 268 valence electrons. The monoisotopic (exact) mass is 725 g/mol. The number of hydrogen-bond acceptors (Lipinski definition) is 8. The average molecular weight is 726 g/mol. The highest BCUT2D eigenvalue weighted by Crippen LogP contribution is 2.44. The van der Waals surface area contributed by atoms with Crippen molar-refractivity contribution in [3.05, 3.63) is 131 Å². The van der Waals surface area contributed by atoms with Crippen molar-refractivity contribution in [1.29, 1.82) is 0 Å². The molecule has 2 heterocycles. The first-order valence-corrected chi connectivity index (χ1v) is 21.1. The van der Waals surface area contributed by atoms with Crippen molar-refractivity contribution in [2.24, 2.45) is 0 Å². The highest BCUT2D eigenvalue weighted by atomic mass is 32.2. The quantitative estimate of drug-likeness (QED) is 0.101. The lowest BCUT2D eigenvalue weighted by atomic mass is 9.96. The Hall–Kier alpha value is -3.77. The second-order valence-corrected chi connectivity index (χ2v) is 20.4. The predicted molar refractivity (Wildman–Crippen MR) is 201 cm³/mol. The number of benzene rings is 4. The molecule has 0 radical (unpaired) electrons. The summed E-state index contributed by atoms with van der Waals surface area (Å²) in [5.74, 6) is -0.0229. The fourth-order valence-corrected chi connectivity index (χ4v) is 8.64. The first kappa shape index (κ1) is 37.0. The molecule has 1 fully saturated rings. The van der Waals surface area contributed by atoms with Gasteiger partial charge in [0, 0.05) is 4.90 Å². The molecule has 0 aliphatic carbocycles. The molecule has 0 aromatic heterocycles. The van der Waals surface area contributed by atoms with Gasteiger partial charge >= 0.3 is 0 Å². The van der Waals surface area contributed by atoms with Crippen LogP contribution in [-0.2, 0) is 31.9 Å². The van der Waals surface area contributed by atoms with E-state index >= 15 is 0 Å². The summed E-state index contributed by atoms with van der Waals surface area (Å²) in [4.78, 5) is 30.8. The van der Waals surface area contributed by atoms with Crippen LogP contribution in [0.3, 0.4) is 0 Å². The molecule has 1 saturated heterocycles. The van der Waals surface area contributed by atoms with Crippen LogP contribution >= 0.6 is 11.8 Å². The fraction of sp³-hybridized carbons (Fsp3) is 0.366. The number of carbonyl (C=O) groups excluding carboxylic acids is 2. The standard InChI is InChI=1S/C41H47NO7SSi/c1-41(2,3)51(5,6)49-36-34(27-46-25-28-15-9-7-10-16-28)48-40(50-31-23-21-30(45-4)22-24-31)35(37(36)47-26-29-17-11-8-12-18-29)42-38(43)32-19-13-14-20-33(32)39(42)44/h7-24,34-37,40H,25-27H2,1-6H3/t34-,35-,36-,37-,40+/m1/s1. The Morgan fingerprint density at radius 1 is 0.745 bits per heavy atom. The number of imide groups is 1. The van der Waals surface area contributed by atoms with E-state index in [1.54, 1.807) is 31.4 Å². The lowest BCUT2D eigenvalue weighted by Crippen LogP contribution is -2.67. The van der Waals surface area contributed by atoms with E-state index in [1.165, 1.54) is 16.7 Å². The average Bonchev–Trinajstić information content (AvgIpc) is 3.37. The van der Waals surface area contributed by atoms with Gasteiger partial charge in [-0.1, -0.05) is 105 Å². The minimum absolute atomic E-state index is 0.147. The molecule has 5 atom stereocenters. The van der Waals surface area contributed by atoms with Gasteiger partial charge in [0.2, 0.25) is 0 Å². The Morgan fingerprint density at radius 3 is 1.84 bits per heavy atom. The van der Waals surface area contributed by atoms with E-state index in [4.69, 9.17) is 23.4 Å². The maximum Gasteiger partial charge on any atom is 0.262 e. The topological polar surface area (TPSA) is 83.5 Å². The van der Waals surface area contributed by atoms with Gasteiger partial charge in [0.25, 0.3) is 11.8 Å². The van der Waals surface area contributed by atoms with E-state index in [0.29, 0.717) is 17.7 Å². The number of methoxy groups -OCH3 is 1. The smallest absolute Gasteiger partial charge is 0.262 e. The molecule has 2 aliphatic heterocycles. The van der Waals surface area contributed by atoms with Crippen LogP contribution in [0.1, 0.15) is 52.6 Å². The van der Waals surface area contributed by atoms with Crippen LogP contribution in [0, 0.1) is 0 Å². The van der Waals surface area contributed by atoms with Crippen LogP contribution in [0.2, 0.25) is 18.1 Å². The molecule has 0 saturated carbocycles. The second-order valence-electron chi connectivity index (χ2n) is 14.5. The molecule has 8 nitrogen and oxygen atoms in total. The minimum atomic E-state index is -2.49. The molecule has 6 rings (SSSR count). The summed E-state index contributed by atoms with van der Waals surface area (Å²) in [5, 5.41) is -0.147. The molecule has 10 heteroatoms. The number of fused-ring (bicyclic) bond motifs is 1. The number of thioether (sulfide) groups is 1. The molecule has 0 spiro atoms. The van der Waals surface area contributed by atoms with Gasteiger partial charge in [-0.2, -0.15) is 0 Å². The molecular formula is C41H47NO7SSi. The van der Waals surface area contributed by atoms with E-state index in [1.807, 2.05) is 84.9 Å². The third kappa shape index (κ3) is 8.32. The summed E-state index contributed by atoms with van der Waals surface area (Å²) in [6.45, 7) is 11.8. The Balaban J connectivity index is 1.44. The van der Waals surface area contributed by atoms with Crippen LogP contribution in [0.5, 0.6) is 5.75 Å². The second kappa shape index (κ2) is 15.9. The summed E-state index contributed by atoms with van der Waals surface area (Å²) < 4.78 is 33.0. The van der Waals surface area contributed by atoms with Gasteiger partial charge in [0.1, 0.15) is 35.5 Å². The zero-order valence-electron chi connectivity index (χ0n) is 30.1. The van der Waals surface area contributed by atoms with Gasteiger partial charge in [0.15, 0.2) is 8.32 Å². The van der Waals surface area contributed by atoms with Crippen LogP contribution < -0.4 is 4.74 Å². The first-order valence-electron chi connectivity index (χ1n) is 17.3. The molecule has 2 amide bonds. The van der Waals surface area contributed by atoms with E-state index in [-0.39, 0.29) is 30.1 Å². The number of carbonyl (C=O) groups is 2. The fourth-order valence-electron chi connectivity index (χ4n) is 6.15. The van der Waals surface area contributed by atoms with Crippen LogP contribution in [-0.4, -0.2) is 68.5 Å². The first-order chi connectivity index (χ1) is 24.5. The molecule has 0 bridgehead atoms. The Labute approximate surface area is 306 Å². The van der Waals surface area contributed by atoms with Crippen LogP contribution in [0.15, 0.2) is 114 Å². The van der Waals surface area contributed by atoms with E-state index in [0.717, 1.165) is 21.8 Å². The van der Waals surface area contributed by atoms with E-state index in [2.05, 4.69) is 33.9 Å². The molecular weight excluding hydrogens is 679 g/mol. The molecule has 2 aliphatic rings. The maximum atomic E-state index is 14.3. The van der Waals surface area contributed by atoms with Gasteiger partial charge < -0.3 is 23.4 Å². The maximum absolute atomic E-state index is 14.3. The van der Waals surface area contributed by atoms with Crippen molar-refractivity contribution < 1.29 is 33.0 Å². The molecule has 51 heavy (non-hydrogen) atoms. The highest BCUT2D eigenvalue weighted by Gasteiger charge is 2.56. The summed E-state index contributed by atoms with van der Waals surface area (Å²) in [6.07, 6.45) is -1.99. The van der Waals surface area contributed by atoms with Crippen LogP contribution in [0.25, 0.3) is 0 Å². The van der Waals surface area contributed by atoms with Gasteiger partial charge in [0.05, 0.1) is 38.1 Å². The van der Waals surface area contributed by atoms with Gasteiger partial charge in [-0.3, -0.25) is 14.5 Å². The normalized spacial score (nSPS) is 22.2. The number of hydrogen-bond donors (Lipinski definition) is 0. The molecule has 4 aromatic carbocycles. The number of ether oxygens (including phenoxy) is 4. The van der Waals surface area contributed by atoms with Gasteiger partial charge in [-0.25, -0.2) is 0 Å². The van der Waals surface area contributed by atoms with Crippen molar-refractivity contribution in [3.8, 4) is 5.75 Å². The van der Waals surface area contributed by atoms with Crippen molar-refractivity contribution in [2.45, 2.75) is 86.8 Å². The molecule has 4 aromatic rings. The largest absolute Gasteiger partial charge is 0.497 e. The zero-order chi connectivity index (χ0) is 36.2. The predicted octanol–water partition coefficient (Wildman–Crippen LogP) is 8.37. The van der Waals surface area contributed by atoms with E-state index in [9.17, 15) is 9.59 Å². The number of nitrogens with zero attached hydrogens (tertiary/aromatic N) is 1. The highest BCUT2D eigenvalue weighted by molar-refractivity contribution is 7.99. The third-order valence-electron chi connectivity index (χ3n) is 9.97. The zero-order valence-corrected chi connectivity index (χ0v) is 31.9. The minimum Gasteiger partial charge on any atom is -0.497 e. The van der Waals surface area contributed by atoms with Gasteiger partial charge in [-0.05, 0) is 65.7 Å². The van der Waals surface area contributed by atoms with Gasteiger partial charge in [-0.15, -0.1) is 0 Å². The summed E-state index contributed by atoms with van der Waals surface area (Å²) in [7, 11) is -0.858. The Kier molecular flexibility index (Phi) is 11.5. The Bertz CT molecular complexity index is 1750. The van der Waals surface area contributed by atoms with Crippen LogP contribution in [0.4, 0.5) is 0 Å². The summed E-state index contributed by atoms with van der Waals surface area (Å²) >= 11 is 1.44. The molecule has 0 unspecified atom stereocenters. The lowest BCUT2D eigenvalue weighted by molar-refractivity contribution is -0.200. The van der Waals surface area contributed by atoms with Crippen molar-refractivity contribution in [3.63, 3.8) is 0 Å². The summed E-state index contributed by atoms with van der Waals surface area (Å²) in [5.41, 5.74) is 2.03. The Morgan fingerprint density at radius 2 is 1.29 bits per heavy atom. The molecule has 0 N–H and O–H groups in total. The SMILES string of the molecule is COc1ccc(S[C@@H]2O[C@H](COCc3ccccc3)[C@@H](O[Si](C)(C)C(C)(C)C)[C@H](OCc3ccccc3)[C@H]2N2C(=O)c3ccccc3C2=O)cc1. The number of amides is 2. The van der Waals surface area contributed by atoms with Crippen molar-refractivity contribution in [1.82, 2.24) is 4.90 Å².